The average molecular weight is 233 g/mol. The van der Waals surface area contributed by atoms with Gasteiger partial charge in [-0.25, -0.2) is 4.79 Å². The lowest BCUT2D eigenvalue weighted by molar-refractivity contribution is -0.114. The van der Waals surface area contributed by atoms with Crippen LogP contribution in [0.1, 0.15) is 41.3 Å². The van der Waals surface area contributed by atoms with Crippen molar-refractivity contribution in [1.82, 2.24) is 0 Å². The second-order valence-electron chi connectivity index (χ2n) is 4.31. The van der Waals surface area contributed by atoms with E-state index >= 15 is 0 Å². The molecule has 0 aromatic heterocycles. The molecule has 2 N–H and O–H groups in total. The van der Waals surface area contributed by atoms with Crippen LogP contribution < -0.4 is 5.32 Å². The van der Waals surface area contributed by atoms with Crippen LogP contribution >= 0.6 is 0 Å². The first kappa shape index (κ1) is 11.6. The lowest BCUT2D eigenvalue weighted by Gasteiger charge is -2.21. The third-order valence-electron chi connectivity index (χ3n) is 3.08. The van der Waals surface area contributed by atoms with Gasteiger partial charge in [0.05, 0.1) is 5.56 Å². The molecule has 0 fully saturated rings. The van der Waals surface area contributed by atoms with Crippen LogP contribution in [0.3, 0.4) is 0 Å². The van der Waals surface area contributed by atoms with Crippen molar-refractivity contribution < 1.29 is 14.7 Å². The minimum Gasteiger partial charge on any atom is -0.478 e. The molecule has 90 valence electrons. The number of amides is 1. The van der Waals surface area contributed by atoms with E-state index in [-0.39, 0.29) is 5.91 Å². The summed E-state index contributed by atoms with van der Waals surface area (Å²) in [5.74, 6) is -1.02. The van der Waals surface area contributed by atoms with Crippen molar-refractivity contribution in [1.29, 1.82) is 0 Å². The summed E-state index contributed by atoms with van der Waals surface area (Å²) in [4.78, 5) is 22.2. The van der Waals surface area contributed by atoms with Gasteiger partial charge in [-0.05, 0) is 48.9 Å². The zero-order chi connectivity index (χ0) is 12.4. The van der Waals surface area contributed by atoms with Crippen molar-refractivity contribution in [3.63, 3.8) is 0 Å². The van der Waals surface area contributed by atoms with Crippen molar-refractivity contribution in [3.05, 3.63) is 28.8 Å². The van der Waals surface area contributed by atoms with E-state index in [9.17, 15) is 9.59 Å². The quantitative estimate of drug-likeness (QED) is 0.823. The highest BCUT2D eigenvalue weighted by Gasteiger charge is 2.20. The smallest absolute Gasteiger partial charge is 0.335 e. The molecule has 1 aromatic carbocycles. The first-order valence-corrected chi connectivity index (χ1v) is 5.75. The molecule has 0 unspecified atom stereocenters. The molecule has 1 aliphatic rings. The Hall–Kier alpha value is -1.84. The largest absolute Gasteiger partial charge is 0.478 e. The van der Waals surface area contributed by atoms with Gasteiger partial charge in [0.2, 0.25) is 5.91 Å². The van der Waals surface area contributed by atoms with Gasteiger partial charge in [0.15, 0.2) is 0 Å². The van der Waals surface area contributed by atoms with Crippen LogP contribution in [0, 0.1) is 0 Å². The summed E-state index contributed by atoms with van der Waals surface area (Å²) >= 11 is 0. The van der Waals surface area contributed by atoms with E-state index in [2.05, 4.69) is 5.32 Å². The van der Waals surface area contributed by atoms with Gasteiger partial charge >= 0.3 is 5.97 Å². The van der Waals surface area contributed by atoms with E-state index in [1.165, 1.54) is 6.92 Å². The molecule has 2 rings (SSSR count). The van der Waals surface area contributed by atoms with Gasteiger partial charge in [0.25, 0.3) is 0 Å². The first-order chi connectivity index (χ1) is 8.09. The summed E-state index contributed by atoms with van der Waals surface area (Å²) < 4.78 is 0. The van der Waals surface area contributed by atoms with Gasteiger partial charge < -0.3 is 10.4 Å². The predicted octanol–water partition coefficient (Wildman–Crippen LogP) is 2.22. The molecule has 0 aliphatic heterocycles. The third-order valence-corrected chi connectivity index (χ3v) is 3.08. The van der Waals surface area contributed by atoms with Crippen LogP contribution in [0.25, 0.3) is 0 Å². The van der Waals surface area contributed by atoms with E-state index in [0.29, 0.717) is 5.56 Å². The van der Waals surface area contributed by atoms with Crippen LogP contribution in [-0.2, 0) is 17.6 Å². The molecule has 0 spiro atoms. The Bertz CT molecular complexity index is 480. The van der Waals surface area contributed by atoms with Gasteiger partial charge in [0, 0.05) is 12.6 Å². The average Bonchev–Trinajstić information content (AvgIpc) is 2.28. The Labute approximate surface area is 99.6 Å². The Morgan fingerprint density at radius 2 is 1.82 bits per heavy atom. The maximum absolute atomic E-state index is 11.1. The van der Waals surface area contributed by atoms with Crippen molar-refractivity contribution >= 4 is 17.6 Å². The molecule has 0 saturated heterocycles. The fraction of sp³-hybridized carbons (Fsp3) is 0.385. The van der Waals surface area contributed by atoms with Crippen molar-refractivity contribution in [3.8, 4) is 0 Å². The van der Waals surface area contributed by atoms with Gasteiger partial charge in [-0.15, -0.1) is 0 Å². The fourth-order valence-corrected chi connectivity index (χ4v) is 2.37. The minimum atomic E-state index is -0.891. The van der Waals surface area contributed by atoms with Gasteiger partial charge in [-0.1, -0.05) is 0 Å². The molecule has 0 saturated carbocycles. The second-order valence-corrected chi connectivity index (χ2v) is 4.31. The van der Waals surface area contributed by atoms with Crippen molar-refractivity contribution in [2.45, 2.75) is 32.6 Å². The van der Waals surface area contributed by atoms with E-state index < -0.39 is 5.97 Å². The van der Waals surface area contributed by atoms with Crippen LogP contribution in [0.4, 0.5) is 5.69 Å². The van der Waals surface area contributed by atoms with Crippen LogP contribution in [0.5, 0.6) is 0 Å². The molecular weight excluding hydrogens is 218 g/mol. The standard InChI is InChI=1S/C13H15NO3/c1-8(15)14-12-7-6-11(13(16)17)9-4-2-3-5-10(9)12/h6-7H,2-5H2,1H3,(H,14,15)(H,16,17). The SMILES string of the molecule is CC(=O)Nc1ccc(C(=O)O)c2c1CCCC2. The van der Waals surface area contributed by atoms with Crippen LogP contribution in [0.2, 0.25) is 0 Å². The summed E-state index contributed by atoms with van der Waals surface area (Å²) in [5, 5.41) is 11.9. The molecule has 4 heteroatoms. The van der Waals surface area contributed by atoms with Crippen LogP contribution in [0.15, 0.2) is 12.1 Å². The summed E-state index contributed by atoms with van der Waals surface area (Å²) in [7, 11) is 0. The number of carbonyl (C=O) groups is 2. The maximum Gasteiger partial charge on any atom is 0.335 e. The minimum absolute atomic E-state index is 0.124. The highest BCUT2D eigenvalue weighted by Crippen LogP contribution is 2.30. The van der Waals surface area contributed by atoms with Gasteiger partial charge in [-0.2, -0.15) is 0 Å². The van der Waals surface area contributed by atoms with E-state index in [1.54, 1.807) is 12.1 Å². The molecule has 0 heterocycles. The van der Waals surface area contributed by atoms with Gasteiger partial charge in [-0.3, -0.25) is 4.79 Å². The molecule has 0 bridgehead atoms. The number of rotatable bonds is 2. The zero-order valence-electron chi connectivity index (χ0n) is 9.75. The topological polar surface area (TPSA) is 66.4 Å². The molecule has 0 atom stereocenters. The highest BCUT2D eigenvalue weighted by atomic mass is 16.4. The number of nitrogens with one attached hydrogen (secondary N) is 1. The number of aromatic carboxylic acids is 1. The van der Waals surface area contributed by atoms with Crippen molar-refractivity contribution in [2.75, 3.05) is 5.32 Å². The number of carbonyl (C=O) groups excluding carboxylic acids is 1. The maximum atomic E-state index is 11.1. The molecule has 1 amide bonds. The molecule has 4 nitrogen and oxygen atoms in total. The zero-order valence-corrected chi connectivity index (χ0v) is 9.75. The Morgan fingerprint density at radius 1 is 1.18 bits per heavy atom. The van der Waals surface area contributed by atoms with Crippen LogP contribution in [-0.4, -0.2) is 17.0 Å². The fourth-order valence-electron chi connectivity index (χ4n) is 2.37. The number of hydrogen-bond donors (Lipinski definition) is 2. The molecule has 0 radical (unpaired) electrons. The molecule has 1 aliphatic carbocycles. The number of carboxylic acid groups (broad SMARTS) is 1. The summed E-state index contributed by atoms with van der Waals surface area (Å²) in [6.45, 7) is 1.46. The number of fused-ring (bicyclic) bond motifs is 1. The predicted molar refractivity (Wildman–Crippen MR) is 64.3 cm³/mol. The molecule has 17 heavy (non-hydrogen) atoms. The Morgan fingerprint density at radius 3 is 2.41 bits per heavy atom. The molecular formula is C13H15NO3. The summed E-state index contributed by atoms with van der Waals surface area (Å²) in [6, 6.07) is 3.27. The normalized spacial score (nSPS) is 13.9. The first-order valence-electron chi connectivity index (χ1n) is 5.75. The second kappa shape index (κ2) is 4.57. The highest BCUT2D eigenvalue weighted by molar-refractivity contribution is 5.94. The number of anilines is 1. The van der Waals surface area contributed by atoms with E-state index in [4.69, 9.17) is 5.11 Å². The third kappa shape index (κ3) is 2.30. The Kier molecular flexibility index (Phi) is 3.13. The number of carboxylic acids is 1. The van der Waals surface area contributed by atoms with E-state index in [0.717, 1.165) is 42.5 Å². The van der Waals surface area contributed by atoms with E-state index in [1.807, 2.05) is 0 Å². The van der Waals surface area contributed by atoms with Crippen molar-refractivity contribution in [2.24, 2.45) is 0 Å². The number of hydrogen-bond acceptors (Lipinski definition) is 2. The Balaban J connectivity index is 2.50. The lowest BCUT2D eigenvalue weighted by Crippen LogP contribution is -2.15. The monoisotopic (exact) mass is 233 g/mol. The van der Waals surface area contributed by atoms with Gasteiger partial charge in [0.1, 0.15) is 0 Å². The number of benzene rings is 1. The summed E-state index contributed by atoms with van der Waals surface area (Å²) in [5.41, 5.74) is 3.01. The lowest BCUT2D eigenvalue weighted by atomic mass is 9.87. The summed E-state index contributed by atoms with van der Waals surface area (Å²) in [6.07, 6.45) is 3.68. The molecule has 1 aromatic rings.